The van der Waals surface area contributed by atoms with Crippen molar-refractivity contribution in [1.82, 2.24) is 14.5 Å². The van der Waals surface area contributed by atoms with Gasteiger partial charge in [0.15, 0.2) is 0 Å². The first-order valence-corrected chi connectivity index (χ1v) is 13.3. The minimum atomic E-state index is -5.08. The number of alkyl halides is 3. The van der Waals surface area contributed by atoms with Gasteiger partial charge in [0.1, 0.15) is 10.6 Å². The van der Waals surface area contributed by atoms with Crippen LogP contribution in [0.5, 0.6) is 5.75 Å². The SMILES string of the molecule is CCc1ccc(CN(CC(=O)N2CCNCC2)S(=O)(=O)c2cc(Cl)ccc2OC)cc1.O=C(O)C(F)(F)F. The number of halogens is 4. The summed E-state index contributed by atoms with van der Waals surface area (Å²) in [6.45, 7) is 4.37. The number of ether oxygens (including phenoxy) is 1. The number of nitrogens with zero attached hydrogens (tertiary/aromatic N) is 2. The highest BCUT2D eigenvalue weighted by Gasteiger charge is 2.38. The Bertz CT molecular complexity index is 1200. The summed E-state index contributed by atoms with van der Waals surface area (Å²) < 4.78 is 65.4. The summed E-state index contributed by atoms with van der Waals surface area (Å²) in [7, 11) is -2.65. The number of carbonyl (C=O) groups is 2. The molecular formula is C24H29ClF3N3O6S. The van der Waals surface area contributed by atoms with Crippen LogP contribution in [0.3, 0.4) is 0 Å². The number of carboxylic acid groups (broad SMARTS) is 1. The number of hydrogen-bond donors (Lipinski definition) is 2. The Morgan fingerprint density at radius 2 is 1.66 bits per heavy atom. The highest BCUT2D eigenvalue weighted by molar-refractivity contribution is 7.89. The summed E-state index contributed by atoms with van der Waals surface area (Å²) in [5.41, 5.74) is 1.96. The number of benzene rings is 2. The lowest BCUT2D eigenvalue weighted by atomic mass is 10.1. The molecule has 1 aliphatic heterocycles. The molecule has 38 heavy (non-hydrogen) atoms. The summed E-state index contributed by atoms with van der Waals surface area (Å²) in [5, 5.41) is 10.6. The molecule has 1 saturated heterocycles. The average molecular weight is 580 g/mol. The predicted octanol–water partition coefficient (Wildman–Crippen LogP) is 3.17. The van der Waals surface area contributed by atoms with Crippen molar-refractivity contribution in [3.63, 3.8) is 0 Å². The Balaban J connectivity index is 0.000000638. The Morgan fingerprint density at radius 3 is 2.16 bits per heavy atom. The van der Waals surface area contributed by atoms with E-state index in [-0.39, 0.29) is 34.7 Å². The number of carbonyl (C=O) groups excluding carboxylic acids is 1. The molecule has 1 aliphatic rings. The number of sulfonamides is 1. The van der Waals surface area contributed by atoms with Gasteiger partial charge in [0.05, 0.1) is 13.7 Å². The molecule has 1 fully saturated rings. The fourth-order valence-corrected chi connectivity index (χ4v) is 5.26. The van der Waals surface area contributed by atoms with Crippen LogP contribution in [-0.2, 0) is 32.6 Å². The number of nitrogens with one attached hydrogen (secondary N) is 1. The molecular weight excluding hydrogens is 551 g/mol. The second-order valence-corrected chi connectivity index (χ2v) is 10.5. The molecule has 0 atom stereocenters. The molecule has 1 amide bonds. The largest absolute Gasteiger partial charge is 0.495 e. The van der Waals surface area contributed by atoms with Crippen molar-refractivity contribution in [2.75, 3.05) is 39.8 Å². The van der Waals surface area contributed by atoms with Crippen molar-refractivity contribution in [3.8, 4) is 5.75 Å². The van der Waals surface area contributed by atoms with Crippen LogP contribution in [0.4, 0.5) is 13.2 Å². The van der Waals surface area contributed by atoms with Gasteiger partial charge in [-0.2, -0.15) is 17.5 Å². The van der Waals surface area contributed by atoms with Crippen molar-refractivity contribution in [2.45, 2.75) is 31.0 Å². The second kappa shape index (κ2) is 13.8. The molecule has 0 radical (unpaired) electrons. The number of hydrogen-bond acceptors (Lipinski definition) is 6. The van der Waals surface area contributed by atoms with Gasteiger partial charge in [-0.1, -0.05) is 42.8 Å². The molecule has 2 aromatic rings. The van der Waals surface area contributed by atoms with Crippen molar-refractivity contribution >= 4 is 33.5 Å². The topological polar surface area (TPSA) is 116 Å². The predicted molar refractivity (Wildman–Crippen MR) is 135 cm³/mol. The Morgan fingerprint density at radius 1 is 1.11 bits per heavy atom. The van der Waals surface area contributed by atoms with Crippen molar-refractivity contribution in [2.24, 2.45) is 0 Å². The lowest BCUT2D eigenvalue weighted by Gasteiger charge is -2.30. The number of aryl methyl sites for hydroxylation is 1. The van der Waals surface area contributed by atoms with Crippen LogP contribution in [0.1, 0.15) is 18.1 Å². The Hall–Kier alpha value is -2.87. The first-order valence-electron chi connectivity index (χ1n) is 11.5. The van der Waals surface area contributed by atoms with E-state index in [1.54, 1.807) is 11.0 Å². The van der Waals surface area contributed by atoms with Gasteiger partial charge >= 0.3 is 12.1 Å². The molecule has 2 N–H and O–H groups in total. The normalized spacial score (nSPS) is 14.0. The molecule has 14 heteroatoms. The zero-order chi connectivity index (χ0) is 28.5. The maximum absolute atomic E-state index is 13.6. The van der Waals surface area contributed by atoms with Crippen LogP contribution >= 0.6 is 11.6 Å². The molecule has 0 spiro atoms. The van der Waals surface area contributed by atoms with E-state index in [0.29, 0.717) is 26.2 Å². The molecule has 9 nitrogen and oxygen atoms in total. The fraction of sp³-hybridized carbons (Fsp3) is 0.417. The highest BCUT2D eigenvalue weighted by Crippen LogP contribution is 2.30. The molecule has 0 bridgehead atoms. The number of rotatable bonds is 8. The van der Waals surface area contributed by atoms with Gasteiger partial charge in [-0.15, -0.1) is 0 Å². The van der Waals surface area contributed by atoms with Crippen LogP contribution < -0.4 is 10.1 Å². The first kappa shape index (κ1) is 31.3. The lowest BCUT2D eigenvalue weighted by Crippen LogP contribution is -2.50. The van der Waals surface area contributed by atoms with Crippen LogP contribution in [0.25, 0.3) is 0 Å². The Kier molecular flexibility index (Phi) is 11.4. The van der Waals surface area contributed by atoms with E-state index in [1.807, 2.05) is 24.3 Å². The maximum atomic E-state index is 13.6. The standard InChI is InChI=1S/C22H28ClN3O4S.C2HF3O2/c1-3-17-4-6-18(7-5-17)15-26(16-22(27)25-12-10-24-11-13-25)31(28,29)21-14-19(23)8-9-20(21)30-2;3-2(4,5)1(6)7/h4-9,14,24H,3,10-13,15-16H2,1-2H3;(H,6,7). The van der Waals surface area contributed by atoms with Crippen molar-refractivity contribution in [3.05, 3.63) is 58.6 Å². The zero-order valence-electron chi connectivity index (χ0n) is 20.8. The summed E-state index contributed by atoms with van der Waals surface area (Å²) in [6, 6.07) is 12.2. The number of amides is 1. The molecule has 2 aromatic carbocycles. The van der Waals surface area contributed by atoms with Crippen LogP contribution in [0.2, 0.25) is 5.02 Å². The Labute approximate surface area is 224 Å². The summed E-state index contributed by atoms with van der Waals surface area (Å²) in [6.07, 6.45) is -4.19. The first-order chi connectivity index (χ1) is 17.8. The van der Waals surface area contributed by atoms with Crippen molar-refractivity contribution in [1.29, 1.82) is 0 Å². The number of aliphatic carboxylic acids is 1. The minimum Gasteiger partial charge on any atom is -0.495 e. The molecule has 0 aromatic heterocycles. The third-order valence-corrected chi connectivity index (χ3v) is 7.61. The van der Waals surface area contributed by atoms with Gasteiger partial charge in [0, 0.05) is 37.7 Å². The van der Waals surface area contributed by atoms with Gasteiger partial charge < -0.3 is 20.1 Å². The molecule has 210 valence electrons. The number of piperazine rings is 1. The number of methoxy groups -OCH3 is 1. The summed E-state index contributed by atoms with van der Waals surface area (Å²) in [4.78, 5) is 23.5. The maximum Gasteiger partial charge on any atom is 0.490 e. The minimum absolute atomic E-state index is 0.0548. The molecule has 0 saturated carbocycles. The van der Waals surface area contributed by atoms with E-state index in [9.17, 15) is 26.4 Å². The lowest BCUT2D eigenvalue weighted by molar-refractivity contribution is -0.192. The van der Waals surface area contributed by atoms with Gasteiger partial charge in [-0.25, -0.2) is 13.2 Å². The molecule has 0 aliphatic carbocycles. The van der Waals surface area contributed by atoms with E-state index in [2.05, 4.69) is 12.2 Å². The average Bonchev–Trinajstić information content (AvgIpc) is 2.89. The van der Waals surface area contributed by atoms with Crippen LogP contribution in [-0.4, -0.2) is 80.6 Å². The number of carboxylic acids is 1. The van der Waals surface area contributed by atoms with Gasteiger partial charge in [-0.3, -0.25) is 4.79 Å². The zero-order valence-corrected chi connectivity index (χ0v) is 22.4. The quantitative estimate of drug-likeness (QED) is 0.493. The third-order valence-electron chi connectivity index (χ3n) is 5.56. The van der Waals surface area contributed by atoms with E-state index in [1.165, 1.54) is 23.5 Å². The van der Waals surface area contributed by atoms with Crippen molar-refractivity contribution < 1.29 is 41.0 Å². The summed E-state index contributed by atoms with van der Waals surface area (Å²) >= 11 is 6.08. The monoisotopic (exact) mass is 579 g/mol. The third kappa shape index (κ3) is 8.86. The molecule has 3 rings (SSSR count). The smallest absolute Gasteiger partial charge is 0.490 e. The van der Waals surface area contributed by atoms with Crippen LogP contribution in [0.15, 0.2) is 47.4 Å². The molecule has 1 heterocycles. The van der Waals surface area contributed by atoms with Gasteiger partial charge in [0.25, 0.3) is 0 Å². The van der Waals surface area contributed by atoms with E-state index < -0.39 is 22.2 Å². The van der Waals surface area contributed by atoms with Gasteiger partial charge in [-0.05, 0) is 35.7 Å². The molecule has 0 unspecified atom stereocenters. The van der Waals surface area contributed by atoms with E-state index in [0.717, 1.165) is 17.5 Å². The van der Waals surface area contributed by atoms with Gasteiger partial charge in [0.2, 0.25) is 15.9 Å². The second-order valence-electron chi connectivity index (χ2n) is 8.17. The van der Waals surface area contributed by atoms with E-state index >= 15 is 0 Å². The fourth-order valence-electron chi connectivity index (χ4n) is 3.47. The summed E-state index contributed by atoms with van der Waals surface area (Å²) in [5.74, 6) is -2.80. The van der Waals surface area contributed by atoms with E-state index in [4.69, 9.17) is 26.2 Å². The van der Waals surface area contributed by atoms with Crippen LogP contribution in [0, 0.1) is 0 Å². The highest BCUT2D eigenvalue weighted by atomic mass is 35.5.